The second-order valence-corrected chi connectivity index (χ2v) is 10.2. The normalized spacial score (nSPS) is 20.2. The molecule has 1 aromatic carbocycles. The summed E-state index contributed by atoms with van der Waals surface area (Å²) in [5, 5.41) is 2.89. The number of morpholine rings is 1. The molecule has 0 radical (unpaired) electrons. The average Bonchev–Trinajstić information content (AvgIpc) is 3.35. The van der Waals surface area contributed by atoms with E-state index < -0.39 is 16.1 Å². The Morgan fingerprint density at radius 3 is 2.34 bits per heavy atom. The number of ether oxygens (including phenoxy) is 1. The van der Waals surface area contributed by atoms with E-state index in [1.807, 2.05) is 6.92 Å². The number of carbonyl (C=O) groups excluding carboxylic acids is 1. The maximum atomic E-state index is 12.5. The first-order valence-electron chi connectivity index (χ1n) is 10.7. The molecule has 29 heavy (non-hydrogen) atoms. The standard InChI is InChI=1S/C21H31N3O4S/c1-15(24-9-11-28-12-10-24)8-13-29(26,27)23-21(25)22-20-18-6-2-4-16(18)14-17-5-3-7-19(17)20/h14-15H,2-13H2,1H3,(H2,22,23,25). The van der Waals surface area contributed by atoms with Crippen LogP contribution in [0.3, 0.4) is 0 Å². The zero-order valence-electron chi connectivity index (χ0n) is 17.1. The molecule has 3 aliphatic rings. The second-order valence-electron chi connectivity index (χ2n) is 8.40. The van der Waals surface area contributed by atoms with Gasteiger partial charge in [-0.15, -0.1) is 0 Å². The lowest BCUT2D eigenvalue weighted by atomic mass is 9.99. The lowest BCUT2D eigenvalue weighted by molar-refractivity contribution is 0.0197. The number of nitrogens with one attached hydrogen (secondary N) is 2. The fraction of sp³-hybridized carbons (Fsp3) is 0.667. The van der Waals surface area contributed by atoms with Crippen LogP contribution in [0.25, 0.3) is 0 Å². The molecule has 1 unspecified atom stereocenters. The smallest absolute Gasteiger partial charge is 0.332 e. The zero-order valence-corrected chi connectivity index (χ0v) is 17.9. The number of urea groups is 1. The first-order chi connectivity index (χ1) is 13.9. The van der Waals surface area contributed by atoms with Gasteiger partial charge in [0.1, 0.15) is 0 Å². The molecule has 2 amide bonds. The third kappa shape index (κ3) is 4.75. The Morgan fingerprint density at radius 1 is 1.10 bits per heavy atom. The Labute approximate surface area is 173 Å². The van der Waals surface area contributed by atoms with Crippen molar-refractivity contribution in [2.45, 2.75) is 57.9 Å². The highest BCUT2D eigenvalue weighted by Gasteiger charge is 2.26. The van der Waals surface area contributed by atoms with Crippen LogP contribution in [0.4, 0.5) is 10.5 Å². The number of fused-ring (bicyclic) bond motifs is 2. The summed E-state index contributed by atoms with van der Waals surface area (Å²) in [6, 6.07) is 1.79. The van der Waals surface area contributed by atoms with Crippen LogP contribution in [0.5, 0.6) is 0 Å². The summed E-state index contributed by atoms with van der Waals surface area (Å²) in [7, 11) is -3.68. The van der Waals surface area contributed by atoms with Crippen molar-refractivity contribution in [3.63, 3.8) is 0 Å². The van der Waals surface area contributed by atoms with E-state index in [9.17, 15) is 13.2 Å². The molecule has 2 aliphatic carbocycles. The largest absolute Gasteiger partial charge is 0.379 e. The molecule has 4 rings (SSSR count). The molecule has 0 saturated carbocycles. The van der Waals surface area contributed by atoms with Crippen molar-refractivity contribution in [1.82, 2.24) is 9.62 Å². The maximum Gasteiger partial charge on any atom is 0.332 e. The Hall–Kier alpha value is -1.64. The average molecular weight is 422 g/mol. The number of sulfonamides is 1. The lowest BCUT2D eigenvalue weighted by Crippen LogP contribution is -2.44. The van der Waals surface area contributed by atoms with Crippen molar-refractivity contribution in [3.05, 3.63) is 28.3 Å². The molecular formula is C21H31N3O4S. The van der Waals surface area contributed by atoms with Crippen molar-refractivity contribution in [2.24, 2.45) is 0 Å². The third-order valence-electron chi connectivity index (χ3n) is 6.43. The highest BCUT2D eigenvalue weighted by molar-refractivity contribution is 7.90. The molecule has 1 saturated heterocycles. The zero-order chi connectivity index (χ0) is 20.4. The van der Waals surface area contributed by atoms with E-state index >= 15 is 0 Å². The van der Waals surface area contributed by atoms with Crippen LogP contribution < -0.4 is 10.0 Å². The Morgan fingerprint density at radius 2 is 1.72 bits per heavy atom. The summed E-state index contributed by atoms with van der Waals surface area (Å²) in [6.07, 6.45) is 6.63. The molecule has 0 spiro atoms. The van der Waals surface area contributed by atoms with Crippen molar-refractivity contribution < 1.29 is 17.9 Å². The number of nitrogens with zero attached hydrogens (tertiary/aromatic N) is 1. The summed E-state index contributed by atoms with van der Waals surface area (Å²) < 4.78 is 32.5. The topological polar surface area (TPSA) is 87.7 Å². The van der Waals surface area contributed by atoms with Crippen LogP contribution in [0.15, 0.2) is 6.07 Å². The predicted molar refractivity (Wildman–Crippen MR) is 113 cm³/mol. The van der Waals surface area contributed by atoms with E-state index in [1.165, 1.54) is 22.3 Å². The third-order valence-corrected chi connectivity index (χ3v) is 7.70. The minimum Gasteiger partial charge on any atom is -0.379 e. The van der Waals surface area contributed by atoms with Crippen LogP contribution in [0.1, 0.15) is 48.4 Å². The number of amides is 2. The van der Waals surface area contributed by atoms with Crippen LogP contribution >= 0.6 is 0 Å². The van der Waals surface area contributed by atoms with Gasteiger partial charge in [-0.3, -0.25) is 4.90 Å². The lowest BCUT2D eigenvalue weighted by Gasteiger charge is -2.32. The van der Waals surface area contributed by atoms with Gasteiger partial charge in [-0.2, -0.15) is 0 Å². The summed E-state index contributed by atoms with van der Waals surface area (Å²) in [5.74, 6) is -0.0655. The van der Waals surface area contributed by atoms with Gasteiger partial charge in [-0.1, -0.05) is 6.07 Å². The molecule has 1 atom stereocenters. The highest BCUT2D eigenvalue weighted by Crippen LogP contribution is 2.38. The van der Waals surface area contributed by atoms with Crippen molar-refractivity contribution >= 4 is 21.7 Å². The van der Waals surface area contributed by atoms with Crippen LogP contribution in [-0.2, 0) is 40.4 Å². The Balaban J connectivity index is 1.37. The van der Waals surface area contributed by atoms with E-state index in [0.29, 0.717) is 19.6 Å². The summed E-state index contributed by atoms with van der Waals surface area (Å²) in [5.41, 5.74) is 5.87. The minimum atomic E-state index is -3.68. The van der Waals surface area contributed by atoms with Gasteiger partial charge in [-0.25, -0.2) is 17.9 Å². The number of hydrogen-bond acceptors (Lipinski definition) is 5. The van der Waals surface area contributed by atoms with E-state index in [4.69, 9.17) is 4.74 Å². The van der Waals surface area contributed by atoms with Crippen molar-refractivity contribution in [1.29, 1.82) is 0 Å². The molecule has 8 heteroatoms. The molecular weight excluding hydrogens is 390 g/mol. The maximum absolute atomic E-state index is 12.5. The van der Waals surface area contributed by atoms with E-state index in [0.717, 1.165) is 57.3 Å². The van der Waals surface area contributed by atoms with Gasteiger partial charge in [0.2, 0.25) is 10.0 Å². The summed E-state index contributed by atoms with van der Waals surface area (Å²) in [4.78, 5) is 14.8. The van der Waals surface area contributed by atoms with Gasteiger partial charge in [0.15, 0.2) is 0 Å². The van der Waals surface area contributed by atoms with Gasteiger partial charge >= 0.3 is 6.03 Å². The van der Waals surface area contributed by atoms with E-state index in [1.54, 1.807) is 0 Å². The number of aryl methyl sites for hydroxylation is 2. The van der Waals surface area contributed by atoms with Gasteiger partial charge in [0, 0.05) is 24.8 Å². The van der Waals surface area contributed by atoms with Crippen molar-refractivity contribution in [2.75, 3.05) is 37.4 Å². The monoisotopic (exact) mass is 421 g/mol. The quantitative estimate of drug-likeness (QED) is 0.735. The number of rotatable bonds is 6. The molecule has 1 aliphatic heterocycles. The molecule has 2 N–H and O–H groups in total. The van der Waals surface area contributed by atoms with Crippen LogP contribution in [0, 0.1) is 0 Å². The first-order valence-corrected chi connectivity index (χ1v) is 12.4. The predicted octanol–water partition coefficient (Wildman–Crippen LogP) is 2.23. The number of carbonyl (C=O) groups is 1. The number of anilines is 1. The Bertz CT molecular complexity index is 846. The van der Waals surface area contributed by atoms with Crippen LogP contribution in [0.2, 0.25) is 0 Å². The van der Waals surface area contributed by atoms with Gasteiger partial charge in [0.05, 0.1) is 19.0 Å². The van der Waals surface area contributed by atoms with Gasteiger partial charge in [-0.05, 0) is 74.1 Å². The van der Waals surface area contributed by atoms with Crippen LogP contribution in [-0.4, -0.2) is 57.4 Å². The van der Waals surface area contributed by atoms with Gasteiger partial charge < -0.3 is 10.1 Å². The molecule has 7 nitrogen and oxygen atoms in total. The Kier molecular flexibility index (Phi) is 6.13. The first kappa shape index (κ1) is 20.6. The van der Waals surface area contributed by atoms with Gasteiger partial charge in [0.25, 0.3) is 0 Å². The molecule has 0 aromatic heterocycles. The fourth-order valence-corrected chi connectivity index (χ4v) is 5.91. The summed E-state index contributed by atoms with van der Waals surface area (Å²) >= 11 is 0. The molecule has 1 aromatic rings. The fourth-order valence-electron chi connectivity index (χ4n) is 4.82. The molecule has 1 heterocycles. The molecule has 160 valence electrons. The summed E-state index contributed by atoms with van der Waals surface area (Å²) in [6.45, 7) is 5.03. The second kappa shape index (κ2) is 8.62. The van der Waals surface area contributed by atoms with Crippen molar-refractivity contribution in [3.8, 4) is 0 Å². The molecule has 0 bridgehead atoms. The van der Waals surface area contributed by atoms with E-state index in [-0.39, 0.29) is 11.8 Å². The van der Waals surface area contributed by atoms with E-state index in [2.05, 4.69) is 21.0 Å². The number of benzene rings is 1. The SMILES string of the molecule is CC(CCS(=O)(=O)NC(=O)Nc1c2c(cc3c1CCC3)CCC2)N1CCOCC1. The highest BCUT2D eigenvalue weighted by atomic mass is 32.2. The number of hydrogen-bond donors (Lipinski definition) is 2. The minimum absolute atomic E-state index is 0.0655. The molecule has 1 fully saturated rings.